The van der Waals surface area contributed by atoms with Crippen LogP contribution in [-0.4, -0.2) is 24.3 Å². The molecule has 1 aliphatic heterocycles. The third-order valence-electron chi connectivity index (χ3n) is 3.92. The highest BCUT2D eigenvalue weighted by molar-refractivity contribution is 5.53. The monoisotopic (exact) mass is 182 g/mol. The molecule has 4 atom stereocenters. The summed E-state index contributed by atoms with van der Waals surface area (Å²) in [6, 6.07) is 0.159. The Morgan fingerprint density at radius 3 is 3.15 bits per heavy atom. The van der Waals surface area contributed by atoms with Crippen LogP contribution >= 0.6 is 0 Å². The second-order valence-electron chi connectivity index (χ2n) is 4.54. The summed E-state index contributed by atoms with van der Waals surface area (Å²) < 4.78 is 14.2. The van der Waals surface area contributed by atoms with Crippen LogP contribution in [0.2, 0.25) is 0 Å². The zero-order valence-electron chi connectivity index (χ0n) is 7.81. The van der Waals surface area contributed by atoms with Crippen LogP contribution in [0.1, 0.15) is 19.8 Å². The topological polar surface area (TPSA) is 38.0 Å². The lowest BCUT2D eigenvalue weighted by atomic mass is 9.48. The molecule has 0 aromatic rings. The van der Waals surface area contributed by atoms with Crippen molar-refractivity contribution in [3.63, 3.8) is 0 Å². The van der Waals surface area contributed by atoms with E-state index in [1.54, 1.807) is 0 Å². The second-order valence-corrected chi connectivity index (χ2v) is 4.54. The molecule has 0 aromatic heterocycles. The second kappa shape index (κ2) is 2.15. The molecule has 0 amide bonds. The molecule has 2 aliphatic carbocycles. The first kappa shape index (κ1) is 7.94. The van der Waals surface area contributed by atoms with Crippen LogP contribution in [0.3, 0.4) is 0 Å². The molecule has 3 aliphatic rings. The molecule has 3 heteroatoms. The van der Waals surface area contributed by atoms with Crippen molar-refractivity contribution < 1.29 is 4.39 Å². The molecule has 1 saturated heterocycles. The van der Waals surface area contributed by atoms with E-state index in [9.17, 15) is 4.39 Å². The lowest BCUT2D eigenvalue weighted by Gasteiger charge is -2.63. The van der Waals surface area contributed by atoms with Crippen molar-refractivity contribution >= 4 is 0 Å². The van der Waals surface area contributed by atoms with Crippen molar-refractivity contribution in [3.05, 3.63) is 11.1 Å². The number of rotatable bonds is 1. The number of piperidine rings is 1. The highest BCUT2D eigenvalue weighted by Gasteiger charge is 2.67. The van der Waals surface area contributed by atoms with Gasteiger partial charge in [-0.15, -0.1) is 0 Å². The van der Waals surface area contributed by atoms with Crippen LogP contribution in [0.5, 0.6) is 0 Å². The maximum atomic E-state index is 14.2. The molecule has 1 saturated carbocycles. The van der Waals surface area contributed by atoms with Gasteiger partial charge in [0, 0.05) is 18.0 Å². The average Bonchev–Trinajstić information content (AvgIpc) is 2.00. The summed E-state index contributed by atoms with van der Waals surface area (Å²) in [6.45, 7) is 2.92. The summed E-state index contributed by atoms with van der Waals surface area (Å²) in [7, 11) is 0. The van der Waals surface area contributed by atoms with Gasteiger partial charge in [0.05, 0.1) is 0 Å². The van der Waals surface area contributed by atoms with Crippen molar-refractivity contribution in [2.45, 2.75) is 37.5 Å². The number of hydrogen-bond donors (Lipinski definition) is 2. The largest absolute Gasteiger partial charge is 0.324 e. The zero-order valence-corrected chi connectivity index (χ0v) is 7.81. The normalized spacial score (nSPS) is 49.2. The van der Waals surface area contributed by atoms with Gasteiger partial charge in [0.15, 0.2) is 5.67 Å². The van der Waals surface area contributed by atoms with E-state index in [-0.39, 0.29) is 18.0 Å². The minimum Gasteiger partial charge on any atom is -0.324 e. The Hall–Kier alpha value is -0.410. The molecule has 13 heavy (non-hydrogen) atoms. The third-order valence-corrected chi connectivity index (χ3v) is 3.92. The molecular formula is C10H15FN2. The van der Waals surface area contributed by atoms with Crippen molar-refractivity contribution in [1.29, 1.82) is 0 Å². The van der Waals surface area contributed by atoms with Crippen molar-refractivity contribution in [1.82, 2.24) is 5.32 Å². The summed E-state index contributed by atoms with van der Waals surface area (Å²) in [5.74, 6) is 0.141. The highest BCUT2D eigenvalue weighted by Crippen LogP contribution is 2.62. The van der Waals surface area contributed by atoms with Crippen LogP contribution < -0.4 is 11.1 Å². The van der Waals surface area contributed by atoms with Crippen molar-refractivity contribution in [3.8, 4) is 0 Å². The molecule has 4 unspecified atom stereocenters. The lowest BCUT2D eigenvalue weighted by molar-refractivity contribution is -0.0304. The van der Waals surface area contributed by atoms with E-state index in [0.29, 0.717) is 0 Å². The molecule has 0 bridgehead atoms. The lowest BCUT2D eigenvalue weighted by Crippen LogP contribution is -2.72. The Bertz CT molecular complexity index is 297. The minimum atomic E-state index is -0.985. The van der Waals surface area contributed by atoms with Gasteiger partial charge in [-0.1, -0.05) is 0 Å². The highest BCUT2D eigenvalue weighted by atomic mass is 19.1. The first-order valence-corrected chi connectivity index (χ1v) is 5.07. The quantitative estimate of drug-likeness (QED) is 0.587. The van der Waals surface area contributed by atoms with Gasteiger partial charge in [-0.2, -0.15) is 0 Å². The van der Waals surface area contributed by atoms with E-state index >= 15 is 0 Å². The molecule has 0 spiro atoms. The number of nitrogens with one attached hydrogen (secondary N) is 1. The molecule has 0 aromatic carbocycles. The summed E-state index contributed by atoms with van der Waals surface area (Å²) >= 11 is 0. The smallest absolute Gasteiger partial charge is 0.154 e. The zero-order chi connectivity index (χ0) is 9.22. The van der Waals surface area contributed by atoms with E-state index < -0.39 is 5.67 Å². The van der Waals surface area contributed by atoms with Gasteiger partial charge >= 0.3 is 0 Å². The van der Waals surface area contributed by atoms with Gasteiger partial charge in [-0.3, -0.25) is 0 Å². The van der Waals surface area contributed by atoms with Gasteiger partial charge in [0.2, 0.25) is 0 Å². The maximum absolute atomic E-state index is 14.2. The summed E-state index contributed by atoms with van der Waals surface area (Å²) in [5, 5.41) is 3.23. The summed E-state index contributed by atoms with van der Waals surface area (Å²) in [6.07, 6.45) is 1.82. The van der Waals surface area contributed by atoms with Crippen molar-refractivity contribution in [2.75, 3.05) is 6.54 Å². The van der Waals surface area contributed by atoms with Crippen LogP contribution in [0.25, 0.3) is 0 Å². The maximum Gasteiger partial charge on any atom is 0.154 e. The van der Waals surface area contributed by atoms with E-state index in [2.05, 4.69) is 5.32 Å². The predicted octanol–water partition coefficient (Wildman–Crippen LogP) is 0.734. The van der Waals surface area contributed by atoms with E-state index in [1.165, 1.54) is 5.57 Å². The van der Waals surface area contributed by atoms with Crippen LogP contribution in [-0.2, 0) is 0 Å². The number of nitrogens with two attached hydrogens (primary N) is 1. The molecule has 3 N–H and O–H groups in total. The van der Waals surface area contributed by atoms with Crippen molar-refractivity contribution in [2.24, 2.45) is 11.7 Å². The molecule has 72 valence electrons. The Morgan fingerprint density at radius 1 is 1.69 bits per heavy atom. The van der Waals surface area contributed by atoms with Crippen LogP contribution in [0, 0.1) is 5.92 Å². The summed E-state index contributed by atoms with van der Waals surface area (Å²) in [4.78, 5) is 0. The minimum absolute atomic E-state index is 0.0583. The van der Waals surface area contributed by atoms with Gasteiger partial charge in [0.1, 0.15) is 0 Å². The first-order chi connectivity index (χ1) is 6.15. The Morgan fingerprint density at radius 2 is 2.46 bits per heavy atom. The van der Waals surface area contributed by atoms with Gasteiger partial charge in [-0.25, -0.2) is 4.39 Å². The van der Waals surface area contributed by atoms with Crippen LogP contribution in [0.4, 0.5) is 4.39 Å². The number of alkyl halides is 1. The number of halogens is 1. The SMILES string of the molecule is CC(N)C1=C2CC3NCCC1C23F. The summed E-state index contributed by atoms with van der Waals surface area (Å²) in [5.41, 5.74) is 7.09. The molecule has 3 rings (SSSR count). The fourth-order valence-corrected chi connectivity index (χ4v) is 3.32. The Balaban J connectivity index is 2.00. The van der Waals surface area contributed by atoms with Crippen LogP contribution in [0.15, 0.2) is 11.1 Å². The molecule has 2 fully saturated rings. The molecule has 2 nitrogen and oxygen atoms in total. The Labute approximate surface area is 77.4 Å². The Kier molecular flexibility index (Phi) is 1.31. The molecule has 0 radical (unpaired) electrons. The van der Waals surface area contributed by atoms with E-state index in [1.807, 2.05) is 6.92 Å². The first-order valence-electron chi connectivity index (χ1n) is 5.07. The third kappa shape index (κ3) is 0.680. The predicted molar refractivity (Wildman–Crippen MR) is 49.0 cm³/mol. The van der Waals surface area contributed by atoms with Gasteiger partial charge < -0.3 is 11.1 Å². The molecular weight excluding hydrogens is 167 g/mol. The van der Waals surface area contributed by atoms with Gasteiger partial charge in [-0.05, 0) is 37.5 Å². The van der Waals surface area contributed by atoms with E-state index in [0.717, 1.165) is 25.0 Å². The average molecular weight is 182 g/mol. The molecule has 1 heterocycles. The fourth-order valence-electron chi connectivity index (χ4n) is 3.32. The fraction of sp³-hybridized carbons (Fsp3) is 0.800. The number of hydrogen-bond acceptors (Lipinski definition) is 2. The van der Waals surface area contributed by atoms with E-state index in [4.69, 9.17) is 5.73 Å². The standard InChI is InChI=1S/C10H15FN2/c1-5(12)9-6-2-3-13-8-4-7(9)10(6,8)11/h5-6,8,13H,2-4,12H2,1H3. The van der Waals surface area contributed by atoms with Gasteiger partial charge in [0.25, 0.3) is 0 Å².